The first-order valence-corrected chi connectivity index (χ1v) is 7.85. The van der Waals surface area contributed by atoms with Gasteiger partial charge in [0.25, 0.3) is 5.91 Å². The van der Waals surface area contributed by atoms with Gasteiger partial charge < -0.3 is 0 Å². The number of rotatable bonds is 6. The van der Waals surface area contributed by atoms with E-state index in [1.807, 2.05) is 36.4 Å². The van der Waals surface area contributed by atoms with Gasteiger partial charge in [-0.3, -0.25) is 15.6 Å². The van der Waals surface area contributed by atoms with Crippen molar-refractivity contribution >= 4 is 11.6 Å². The standard InChI is InChI=1S/C19H24N2O/c1-4-5-15-6-8-17(9-7-15)19(22)21-20-18-12-10-16(11-13-18)14(2)3/h6-14,20H,4-5H2,1-3H3,(H,21,22). The van der Waals surface area contributed by atoms with Gasteiger partial charge in [0.1, 0.15) is 0 Å². The Hall–Kier alpha value is -2.29. The molecule has 2 N–H and O–H groups in total. The predicted molar refractivity (Wildman–Crippen MR) is 92.1 cm³/mol. The van der Waals surface area contributed by atoms with Gasteiger partial charge in [-0.05, 0) is 47.7 Å². The van der Waals surface area contributed by atoms with Gasteiger partial charge in [-0.15, -0.1) is 0 Å². The second kappa shape index (κ2) is 7.64. The van der Waals surface area contributed by atoms with E-state index in [9.17, 15) is 4.79 Å². The normalized spacial score (nSPS) is 10.5. The third-order valence-corrected chi connectivity index (χ3v) is 3.65. The molecule has 0 aliphatic rings. The van der Waals surface area contributed by atoms with Gasteiger partial charge in [-0.2, -0.15) is 0 Å². The minimum absolute atomic E-state index is 0.129. The van der Waals surface area contributed by atoms with Crippen LogP contribution in [0, 0.1) is 0 Å². The Bertz CT molecular complexity index is 600. The fraction of sp³-hybridized carbons (Fsp3) is 0.316. The summed E-state index contributed by atoms with van der Waals surface area (Å²) in [6, 6.07) is 15.8. The van der Waals surface area contributed by atoms with Crippen LogP contribution in [-0.2, 0) is 6.42 Å². The molecular weight excluding hydrogens is 272 g/mol. The number of hydrazine groups is 1. The van der Waals surface area contributed by atoms with Crippen molar-refractivity contribution in [2.24, 2.45) is 0 Å². The van der Waals surface area contributed by atoms with Gasteiger partial charge in [0.15, 0.2) is 0 Å². The lowest BCUT2D eigenvalue weighted by Gasteiger charge is -2.11. The van der Waals surface area contributed by atoms with Crippen LogP contribution in [0.15, 0.2) is 48.5 Å². The quantitative estimate of drug-likeness (QED) is 0.770. The summed E-state index contributed by atoms with van der Waals surface area (Å²) in [4.78, 5) is 12.1. The Morgan fingerprint density at radius 3 is 2.18 bits per heavy atom. The second-order valence-electron chi connectivity index (χ2n) is 5.80. The lowest BCUT2D eigenvalue weighted by Crippen LogP contribution is -2.29. The van der Waals surface area contributed by atoms with Crippen LogP contribution in [-0.4, -0.2) is 5.91 Å². The Labute approximate surface area is 132 Å². The second-order valence-corrected chi connectivity index (χ2v) is 5.80. The van der Waals surface area contributed by atoms with Crippen molar-refractivity contribution in [1.29, 1.82) is 0 Å². The molecule has 0 saturated carbocycles. The minimum Gasteiger partial charge on any atom is -0.298 e. The van der Waals surface area contributed by atoms with Gasteiger partial charge in [0, 0.05) is 5.56 Å². The molecule has 0 unspecified atom stereocenters. The maximum atomic E-state index is 12.1. The molecule has 0 aliphatic carbocycles. The lowest BCUT2D eigenvalue weighted by molar-refractivity contribution is 0.0962. The average molecular weight is 296 g/mol. The molecule has 0 spiro atoms. The highest BCUT2D eigenvalue weighted by atomic mass is 16.2. The molecule has 3 heteroatoms. The van der Waals surface area contributed by atoms with Crippen LogP contribution in [0.5, 0.6) is 0 Å². The zero-order chi connectivity index (χ0) is 15.9. The van der Waals surface area contributed by atoms with E-state index >= 15 is 0 Å². The van der Waals surface area contributed by atoms with E-state index in [0.717, 1.165) is 18.5 Å². The summed E-state index contributed by atoms with van der Waals surface area (Å²) in [6.45, 7) is 6.47. The molecule has 0 heterocycles. The molecule has 0 saturated heterocycles. The summed E-state index contributed by atoms with van der Waals surface area (Å²) < 4.78 is 0. The van der Waals surface area contributed by atoms with Crippen molar-refractivity contribution in [2.75, 3.05) is 5.43 Å². The number of nitrogens with one attached hydrogen (secondary N) is 2. The van der Waals surface area contributed by atoms with Gasteiger partial charge in [0.2, 0.25) is 0 Å². The highest BCUT2D eigenvalue weighted by Gasteiger charge is 2.05. The summed E-state index contributed by atoms with van der Waals surface area (Å²) >= 11 is 0. The zero-order valence-electron chi connectivity index (χ0n) is 13.5. The molecule has 22 heavy (non-hydrogen) atoms. The number of hydrogen-bond donors (Lipinski definition) is 2. The molecule has 0 fully saturated rings. The third kappa shape index (κ3) is 4.35. The van der Waals surface area contributed by atoms with Crippen molar-refractivity contribution < 1.29 is 4.79 Å². The topological polar surface area (TPSA) is 41.1 Å². The van der Waals surface area contributed by atoms with Crippen molar-refractivity contribution in [3.63, 3.8) is 0 Å². The van der Waals surface area contributed by atoms with Crippen LogP contribution < -0.4 is 10.9 Å². The summed E-state index contributed by atoms with van der Waals surface area (Å²) in [6.07, 6.45) is 2.15. The molecule has 2 aromatic rings. The fourth-order valence-corrected chi connectivity index (χ4v) is 2.26. The molecule has 2 rings (SSSR count). The molecule has 0 aromatic heterocycles. The predicted octanol–water partition coefficient (Wildman–Crippen LogP) is 4.52. The highest BCUT2D eigenvalue weighted by molar-refractivity contribution is 5.94. The van der Waals surface area contributed by atoms with Gasteiger partial charge in [-0.1, -0.05) is 51.5 Å². The Morgan fingerprint density at radius 1 is 1.00 bits per heavy atom. The molecule has 0 radical (unpaired) electrons. The van der Waals surface area contributed by atoms with Crippen molar-refractivity contribution in [1.82, 2.24) is 5.43 Å². The Kier molecular flexibility index (Phi) is 5.59. The number of amides is 1. The maximum Gasteiger partial charge on any atom is 0.269 e. The summed E-state index contributed by atoms with van der Waals surface area (Å²) in [5.41, 5.74) is 9.75. The Balaban J connectivity index is 1.91. The van der Waals surface area contributed by atoms with E-state index in [2.05, 4.69) is 43.8 Å². The molecule has 2 aromatic carbocycles. The van der Waals surface area contributed by atoms with Crippen molar-refractivity contribution in [2.45, 2.75) is 39.5 Å². The number of carbonyl (C=O) groups is 1. The highest BCUT2D eigenvalue weighted by Crippen LogP contribution is 2.16. The SMILES string of the molecule is CCCc1ccc(C(=O)NNc2ccc(C(C)C)cc2)cc1. The van der Waals surface area contributed by atoms with Crippen LogP contribution >= 0.6 is 0 Å². The maximum absolute atomic E-state index is 12.1. The molecule has 0 aliphatic heterocycles. The van der Waals surface area contributed by atoms with E-state index in [0.29, 0.717) is 11.5 Å². The number of anilines is 1. The van der Waals surface area contributed by atoms with E-state index in [1.54, 1.807) is 0 Å². The lowest BCUT2D eigenvalue weighted by atomic mass is 10.0. The molecule has 0 atom stereocenters. The largest absolute Gasteiger partial charge is 0.298 e. The van der Waals surface area contributed by atoms with Gasteiger partial charge >= 0.3 is 0 Å². The molecule has 0 bridgehead atoms. The molecule has 116 valence electrons. The average Bonchev–Trinajstić information content (AvgIpc) is 2.54. The first kappa shape index (κ1) is 16.1. The molecule has 1 amide bonds. The van der Waals surface area contributed by atoms with E-state index < -0.39 is 0 Å². The van der Waals surface area contributed by atoms with Gasteiger partial charge in [-0.25, -0.2) is 0 Å². The molecule has 3 nitrogen and oxygen atoms in total. The number of hydrogen-bond acceptors (Lipinski definition) is 2. The Morgan fingerprint density at radius 2 is 1.64 bits per heavy atom. The van der Waals surface area contributed by atoms with Crippen molar-refractivity contribution in [3.8, 4) is 0 Å². The smallest absolute Gasteiger partial charge is 0.269 e. The third-order valence-electron chi connectivity index (χ3n) is 3.65. The van der Waals surface area contributed by atoms with Crippen molar-refractivity contribution in [3.05, 3.63) is 65.2 Å². The van der Waals surface area contributed by atoms with Crippen LogP contribution in [0.2, 0.25) is 0 Å². The fourth-order valence-electron chi connectivity index (χ4n) is 2.26. The first-order chi connectivity index (χ1) is 10.6. The summed E-state index contributed by atoms with van der Waals surface area (Å²) in [7, 11) is 0. The number of benzene rings is 2. The van der Waals surface area contributed by atoms with Gasteiger partial charge in [0.05, 0.1) is 5.69 Å². The van der Waals surface area contributed by atoms with Crippen LogP contribution in [0.25, 0.3) is 0 Å². The van der Waals surface area contributed by atoms with Crippen LogP contribution in [0.3, 0.4) is 0 Å². The van der Waals surface area contributed by atoms with E-state index in [4.69, 9.17) is 0 Å². The minimum atomic E-state index is -0.129. The van der Waals surface area contributed by atoms with Crippen LogP contribution in [0.1, 0.15) is 54.6 Å². The van der Waals surface area contributed by atoms with E-state index in [1.165, 1.54) is 11.1 Å². The number of aryl methyl sites for hydroxylation is 1. The van der Waals surface area contributed by atoms with E-state index in [-0.39, 0.29) is 5.91 Å². The van der Waals surface area contributed by atoms with Crippen LogP contribution in [0.4, 0.5) is 5.69 Å². The molecular formula is C19H24N2O. The first-order valence-electron chi connectivity index (χ1n) is 7.85. The number of carbonyl (C=O) groups excluding carboxylic acids is 1. The zero-order valence-corrected chi connectivity index (χ0v) is 13.5. The summed E-state index contributed by atoms with van der Waals surface area (Å²) in [5, 5.41) is 0. The monoisotopic (exact) mass is 296 g/mol. The summed E-state index contributed by atoms with van der Waals surface area (Å²) in [5.74, 6) is 0.376.